The first-order valence-corrected chi connectivity index (χ1v) is 9.70. The van der Waals surface area contributed by atoms with Crippen molar-refractivity contribution in [2.45, 2.75) is 0 Å². The van der Waals surface area contributed by atoms with Crippen LogP contribution in [0.15, 0.2) is 53.2 Å². The molecule has 0 radical (unpaired) electrons. The molecule has 4 nitrogen and oxygen atoms in total. The number of hydrogen-bond donors (Lipinski definition) is 1. The van der Waals surface area contributed by atoms with Gasteiger partial charge in [-0.25, -0.2) is 4.79 Å². The summed E-state index contributed by atoms with van der Waals surface area (Å²) in [5.41, 5.74) is 1.84. The van der Waals surface area contributed by atoms with E-state index in [1.807, 2.05) is 35.0 Å². The lowest BCUT2D eigenvalue weighted by Gasteiger charge is -2.06. The minimum atomic E-state index is -0.506. The Morgan fingerprint density at radius 2 is 1.92 bits per heavy atom. The lowest BCUT2D eigenvalue weighted by Crippen LogP contribution is -2.11. The fourth-order valence-electron chi connectivity index (χ4n) is 2.29. The molecule has 1 aromatic carbocycles. The summed E-state index contributed by atoms with van der Waals surface area (Å²) >= 11 is 8.74. The van der Waals surface area contributed by atoms with Crippen LogP contribution in [0, 0.1) is 0 Å². The third-order valence-electron chi connectivity index (χ3n) is 3.51. The van der Waals surface area contributed by atoms with E-state index in [4.69, 9.17) is 16.3 Å². The summed E-state index contributed by atoms with van der Waals surface area (Å²) in [6, 6.07) is 11.0. The molecule has 3 rings (SSSR count). The molecule has 0 fully saturated rings. The molecule has 0 saturated carbocycles. The summed E-state index contributed by atoms with van der Waals surface area (Å²) in [5, 5.41) is 7.56. The predicted molar refractivity (Wildman–Crippen MR) is 108 cm³/mol. The highest BCUT2D eigenvalue weighted by atomic mass is 35.5. The maximum absolute atomic E-state index is 12.3. The SMILES string of the molecule is COC(=O)c1c(-c2ccc(Cl)cc2)csc1NC(=O)/C=C/c1cccs1. The number of amides is 1. The highest BCUT2D eigenvalue weighted by Gasteiger charge is 2.21. The van der Waals surface area contributed by atoms with Gasteiger partial charge in [0.05, 0.1) is 7.11 Å². The molecular weight excluding hydrogens is 390 g/mol. The fraction of sp³-hybridized carbons (Fsp3) is 0.0526. The molecule has 132 valence electrons. The molecule has 1 amide bonds. The Kier molecular flexibility index (Phi) is 5.88. The number of nitrogens with one attached hydrogen (secondary N) is 1. The standard InChI is InChI=1S/C19H14ClNO3S2/c1-24-19(23)17-15(12-4-6-13(20)7-5-12)11-26-18(17)21-16(22)9-8-14-3-2-10-25-14/h2-11H,1H3,(H,21,22)/b9-8+. The second-order valence-electron chi connectivity index (χ2n) is 5.19. The van der Waals surface area contributed by atoms with E-state index >= 15 is 0 Å². The number of rotatable bonds is 5. The van der Waals surface area contributed by atoms with Crippen molar-refractivity contribution in [1.82, 2.24) is 0 Å². The normalized spacial score (nSPS) is 10.8. The molecular formula is C19H14ClNO3S2. The average Bonchev–Trinajstić information content (AvgIpc) is 3.30. The Labute approximate surface area is 163 Å². The summed E-state index contributed by atoms with van der Waals surface area (Å²) in [6.07, 6.45) is 3.17. The lowest BCUT2D eigenvalue weighted by molar-refractivity contribution is -0.111. The number of ether oxygens (including phenoxy) is 1. The lowest BCUT2D eigenvalue weighted by atomic mass is 10.0. The first kappa shape index (κ1) is 18.4. The topological polar surface area (TPSA) is 55.4 Å². The number of thiophene rings is 2. The Morgan fingerprint density at radius 3 is 2.58 bits per heavy atom. The molecule has 0 aliphatic rings. The van der Waals surface area contributed by atoms with Crippen molar-refractivity contribution in [3.8, 4) is 11.1 Å². The highest BCUT2D eigenvalue weighted by molar-refractivity contribution is 7.15. The number of anilines is 1. The van der Waals surface area contributed by atoms with Crippen LogP contribution in [0.4, 0.5) is 5.00 Å². The Balaban J connectivity index is 1.88. The van der Waals surface area contributed by atoms with Crippen molar-refractivity contribution >= 4 is 57.2 Å². The Hall–Kier alpha value is -2.41. The first-order valence-electron chi connectivity index (χ1n) is 7.57. The van der Waals surface area contributed by atoms with Gasteiger partial charge in [0.1, 0.15) is 10.6 Å². The van der Waals surface area contributed by atoms with Gasteiger partial charge >= 0.3 is 5.97 Å². The van der Waals surface area contributed by atoms with Crippen molar-refractivity contribution < 1.29 is 14.3 Å². The van der Waals surface area contributed by atoms with Gasteiger partial charge in [0, 0.05) is 26.9 Å². The molecule has 0 saturated heterocycles. The number of benzene rings is 1. The molecule has 2 heterocycles. The van der Waals surface area contributed by atoms with Gasteiger partial charge < -0.3 is 10.1 Å². The largest absolute Gasteiger partial charge is 0.465 e. The van der Waals surface area contributed by atoms with E-state index < -0.39 is 5.97 Å². The van der Waals surface area contributed by atoms with Crippen molar-refractivity contribution in [3.05, 3.63) is 68.7 Å². The summed E-state index contributed by atoms with van der Waals surface area (Å²) in [7, 11) is 1.31. The molecule has 0 aliphatic carbocycles. The predicted octanol–water partition coefficient (Wildman–Crippen LogP) is 5.57. The number of carbonyl (C=O) groups excluding carboxylic acids is 2. The highest BCUT2D eigenvalue weighted by Crippen LogP contribution is 2.36. The molecule has 3 aromatic rings. The van der Waals surface area contributed by atoms with Crippen molar-refractivity contribution in [1.29, 1.82) is 0 Å². The summed E-state index contributed by atoms with van der Waals surface area (Å²) in [6.45, 7) is 0. The van der Waals surface area contributed by atoms with Gasteiger partial charge in [-0.05, 0) is 35.2 Å². The van der Waals surface area contributed by atoms with Crippen LogP contribution in [-0.4, -0.2) is 19.0 Å². The minimum absolute atomic E-state index is 0.312. The van der Waals surface area contributed by atoms with Crippen LogP contribution in [0.3, 0.4) is 0 Å². The Morgan fingerprint density at radius 1 is 1.15 bits per heavy atom. The minimum Gasteiger partial charge on any atom is -0.465 e. The number of halogens is 1. The van der Waals surface area contributed by atoms with E-state index in [0.29, 0.717) is 21.2 Å². The second kappa shape index (κ2) is 8.31. The molecule has 26 heavy (non-hydrogen) atoms. The number of methoxy groups -OCH3 is 1. The molecule has 0 unspecified atom stereocenters. The molecule has 7 heteroatoms. The smallest absolute Gasteiger partial charge is 0.341 e. The van der Waals surface area contributed by atoms with E-state index in [1.54, 1.807) is 18.2 Å². The molecule has 0 spiro atoms. The second-order valence-corrected chi connectivity index (χ2v) is 7.49. The zero-order valence-corrected chi connectivity index (χ0v) is 16.1. The van der Waals surface area contributed by atoms with Gasteiger partial charge in [0.25, 0.3) is 0 Å². The molecule has 0 atom stereocenters. The molecule has 1 N–H and O–H groups in total. The van der Waals surface area contributed by atoms with Crippen LogP contribution >= 0.6 is 34.3 Å². The van der Waals surface area contributed by atoms with E-state index in [2.05, 4.69) is 5.32 Å². The van der Waals surface area contributed by atoms with E-state index in [9.17, 15) is 9.59 Å². The van der Waals surface area contributed by atoms with Gasteiger partial charge in [-0.3, -0.25) is 4.79 Å². The van der Waals surface area contributed by atoms with Crippen LogP contribution < -0.4 is 5.32 Å². The molecule has 0 aliphatic heterocycles. The third-order valence-corrected chi connectivity index (χ3v) is 5.50. The number of hydrogen-bond acceptors (Lipinski definition) is 5. The summed E-state index contributed by atoms with van der Waals surface area (Å²) < 4.78 is 4.90. The monoisotopic (exact) mass is 403 g/mol. The first-order chi connectivity index (χ1) is 12.6. The molecule has 0 bridgehead atoms. The van der Waals surface area contributed by atoms with Crippen LogP contribution in [-0.2, 0) is 9.53 Å². The maximum Gasteiger partial charge on any atom is 0.341 e. The third kappa shape index (κ3) is 4.22. The van der Waals surface area contributed by atoms with Gasteiger partial charge in [-0.2, -0.15) is 0 Å². The van der Waals surface area contributed by atoms with Crippen LogP contribution in [0.2, 0.25) is 5.02 Å². The van der Waals surface area contributed by atoms with Crippen LogP contribution in [0.1, 0.15) is 15.2 Å². The van der Waals surface area contributed by atoms with Crippen molar-refractivity contribution in [2.24, 2.45) is 0 Å². The summed E-state index contributed by atoms with van der Waals surface area (Å²) in [5.74, 6) is -0.818. The Bertz CT molecular complexity index is 944. The van der Waals surface area contributed by atoms with Gasteiger partial charge in [-0.1, -0.05) is 29.8 Å². The fourth-order valence-corrected chi connectivity index (χ4v) is 4.00. The van der Waals surface area contributed by atoms with E-state index in [1.165, 1.54) is 35.9 Å². The maximum atomic E-state index is 12.3. The van der Waals surface area contributed by atoms with Crippen molar-refractivity contribution in [2.75, 3.05) is 12.4 Å². The number of esters is 1. The van der Waals surface area contributed by atoms with E-state index in [0.717, 1.165) is 10.4 Å². The van der Waals surface area contributed by atoms with Gasteiger partial charge in [0.2, 0.25) is 5.91 Å². The zero-order chi connectivity index (χ0) is 18.5. The van der Waals surface area contributed by atoms with E-state index in [-0.39, 0.29) is 5.91 Å². The van der Waals surface area contributed by atoms with Gasteiger partial charge in [0.15, 0.2) is 0 Å². The molecule has 2 aromatic heterocycles. The quantitative estimate of drug-likeness (QED) is 0.447. The van der Waals surface area contributed by atoms with Gasteiger partial charge in [-0.15, -0.1) is 22.7 Å². The van der Waals surface area contributed by atoms with Crippen LogP contribution in [0.5, 0.6) is 0 Å². The van der Waals surface area contributed by atoms with Crippen LogP contribution in [0.25, 0.3) is 17.2 Å². The summed E-state index contributed by atoms with van der Waals surface area (Å²) in [4.78, 5) is 25.5. The number of carbonyl (C=O) groups is 2. The zero-order valence-electron chi connectivity index (χ0n) is 13.7. The average molecular weight is 404 g/mol. The van der Waals surface area contributed by atoms with Crippen molar-refractivity contribution in [3.63, 3.8) is 0 Å².